The van der Waals surface area contributed by atoms with Gasteiger partial charge in [-0.15, -0.1) is 6.42 Å². The van der Waals surface area contributed by atoms with Crippen LogP contribution in [0.1, 0.15) is 32.3 Å². The Balaban J connectivity index is 2.08. The SMILES string of the molecule is C#CC(C)(C)N(C)CCCCOCc1ccccc1. The van der Waals surface area contributed by atoms with Crippen LogP contribution in [0.4, 0.5) is 0 Å². The van der Waals surface area contributed by atoms with E-state index in [0.29, 0.717) is 6.61 Å². The van der Waals surface area contributed by atoms with Crippen LogP contribution < -0.4 is 0 Å². The number of nitrogens with zero attached hydrogens (tertiary/aromatic N) is 1. The van der Waals surface area contributed by atoms with E-state index >= 15 is 0 Å². The summed E-state index contributed by atoms with van der Waals surface area (Å²) >= 11 is 0. The molecule has 0 amide bonds. The van der Waals surface area contributed by atoms with Gasteiger partial charge in [-0.05, 0) is 45.8 Å². The normalized spacial score (nSPS) is 11.5. The fourth-order valence-electron chi connectivity index (χ4n) is 1.71. The summed E-state index contributed by atoms with van der Waals surface area (Å²) in [7, 11) is 2.07. The number of unbranched alkanes of at least 4 members (excludes halogenated alkanes) is 1. The lowest BCUT2D eigenvalue weighted by molar-refractivity contribution is 0.112. The van der Waals surface area contributed by atoms with Crippen molar-refractivity contribution in [3.8, 4) is 12.3 Å². The molecule has 0 N–H and O–H groups in total. The molecule has 0 saturated heterocycles. The molecule has 0 atom stereocenters. The Bertz CT molecular complexity index is 391. The zero-order valence-corrected chi connectivity index (χ0v) is 12.4. The highest BCUT2D eigenvalue weighted by molar-refractivity contribution is 5.13. The van der Waals surface area contributed by atoms with Gasteiger partial charge in [-0.2, -0.15) is 0 Å². The highest BCUT2D eigenvalue weighted by Gasteiger charge is 2.19. The van der Waals surface area contributed by atoms with Gasteiger partial charge in [0, 0.05) is 6.61 Å². The molecule has 104 valence electrons. The summed E-state index contributed by atoms with van der Waals surface area (Å²) in [6.07, 6.45) is 7.68. The Morgan fingerprint density at radius 2 is 1.89 bits per heavy atom. The first kappa shape index (κ1) is 15.8. The first-order valence-corrected chi connectivity index (χ1v) is 6.87. The van der Waals surface area contributed by atoms with Crippen molar-refractivity contribution >= 4 is 0 Å². The molecule has 0 fully saturated rings. The standard InChI is InChI=1S/C17H25NO/c1-5-17(2,3)18(4)13-9-10-14-19-15-16-11-7-6-8-12-16/h1,6-8,11-12H,9-10,13-15H2,2-4H3. The monoisotopic (exact) mass is 259 g/mol. The van der Waals surface area contributed by atoms with Crippen molar-refractivity contribution < 1.29 is 4.74 Å². The summed E-state index contributed by atoms with van der Waals surface area (Å²) < 4.78 is 5.65. The molecule has 1 aromatic carbocycles. The summed E-state index contributed by atoms with van der Waals surface area (Å²) in [5.74, 6) is 2.81. The first-order chi connectivity index (χ1) is 9.06. The van der Waals surface area contributed by atoms with E-state index in [1.807, 2.05) is 18.2 Å². The summed E-state index contributed by atoms with van der Waals surface area (Å²) in [4.78, 5) is 2.21. The van der Waals surface area contributed by atoms with Crippen LogP contribution in [0.15, 0.2) is 30.3 Å². The van der Waals surface area contributed by atoms with E-state index in [1.165, 1.54) is 5.56 Å². The number of ether oxygens (including phenoxy) is 1. The topological polar surface area (TPSA) is 12.5 Å². The Morgan fingerprint density at radius 1 is 1.21 bits per heavy atom. The minimum absolute atomic E-state index is 0.162. The van der Waals surface area contributed by atoms with E-state index in [0.717, 1.165) is 26.0 Å². The minimum atomic E-state index is -0.162. The Kier molecular flexibility index (Phi) is 6.62. The lowest BCUT2D eigenvalue weighted by Crippen LogP contribution is -2.40. The van der Waals surface area contributed by atoms with Gasteiger partial charge in [0.1, 0.15) is 0 Å². The molecule has 0 heterocycles. The van der Waals surface area contributed by atoms with Crippen LogP contribution in [-0.2, 0) is 11.3 Å². The molecule has 0 spiro atoms. The third kappa shape index (κ3) is 5.92. The van der Waals surface area contributed by atoms with Crippen LogP contribution in [0.25, 0.3) is 0 Å². The lowest BCUT2D eigenvalue weighted by atomic mass is 10.0. The summed E-state index contributed by atoms with van der Waals surface area (Å²) in [6.45, 7) is 6.65. The Morgan fingerprint density at radius 3 is 2.53 bits per heavy atom. The van der Waals surface area contributed by atoms with E-state index < -0.39 is 0 Å². The smallest absolute Gasteiger partial charge is 0.0763 e. The molecule has 19 heavy (non-hydrogen) atoms. The maximum Gasteiger partial charge on any atom is 0.0763 e. The second-order valence-corrected chi connectivity index (χ2v) is 5.37. The van der Waals surface area contributed by atoms with E-state index in [9.17, 15) is 0 Å². The number of terminal acetylenes is 1. The van der Waals surface area contributed by atoms with Crippen molar-refractivity contribution in [2.45, 2.75) is 38.8 Å². The lowest BCUT2D eigenvalue weighted by Gasteiger charge is -2.30. The largest absolute Gasteiger partial charge is 0.377 e. The van der Waals surface area contributed by atoms with Crippen molar-refractivity contribution in [2.24, 2.45) is 0 Å². The molecule has 0 aliphatic rings. The third-order valence-electron chi connectivity index (χ3n) is 3.45. The highest BCUT2D eigenvalue weighted by Crippen LogP contribution is 2.11. The molecule has 0 aliphatic heterocycles. The maximum atomic E-state index is 5.65. The predicted molar refractivity (Wildman–Crippen MR) is 80.9 cm³/mol. The average Bonchev–Trinajstić information content (AvgIpc) is 2.43. The average molecular weight is 259 g/mol. The molecule has 1 aromatic rings. The van der Waals surface area contributed by atoms with Gasteiger partial charge in [0.2, 0.25) is 0 Å². The molecule has 0 radical (unpaired) electrons. The summed E-state index contributed by atoms with van der Waals surface area (Å²) in [6, 6.07) is 10.3. The molecule has 2 nitrogen and oxygen atoms in total. The zero-order valence-electron chi connectivity index (χ0n) is 12.4. The van der Waals surface area contributed by atoms with Crippen LogP contribution in [0, 0.1) is 12.3 Å². The van der Waals surface area contributed by atoms with E-state index in [4.69, 9.17) is 11.2 Å². The van der Waals surface area contributed by atoms with Gasteiger partial charge in [0.25, 0.3) is 0 Å². The number of benzene rings is 1. The summed E-state index contributed by atoms with van der Waals surface area (Å²) in [5, 5.41) is 0. The number of rotatable bonds is 8. The van der Waals surface area contributed by atoms with Crippen LogP contribution >= 0.6 is 0 Å². The van der Waals surface area contributed by atoms with E-state index in [1.54, 1.807) is 0 Å². The molecule has 0 saturated carbocycles. The van der Waals surface area contributed by atoms with Crippen LogP contribution in [0.3, 0.4) is 0 Å². The van der Waals surface area contributed by atoms with Crippen molar-refractivity contribution in [3.63, 3.8) is 0 Å². The molecular weight excluding hydrogens is 234 g/mol. The molecule has 0 bridgehead atoms. The fourth-order valence-corrected chi connectivity index (χ4v) is 1.71. The molecule has 0 unspecified atom stereocenters. The minimum Gasteiger partial charge on any atom is -0.377 e. The van der Waals surface area contributed by atoms with Gasteiger partial charge in [-0.3, -0.25) is 4.90 Å². The van der Waals surface area contributed by atoms with Gasteiger partial charge in [-0.25, -0.2) is 0 Å². The van der Waals surface area contributed by atoms with Gasteiger partial charge in [0.05, 0.1) is 12.1 Å². The Labute approximate surface area is 117 Å². The quantitative estimate of drug-likeness (QED) is 0.524. The number of hydrogen-bond acceptors (Lipinski definition) is 2. The van der Waals surface area contributed by atoms with Gasteiger partial charge in [-0.1, -0.05) is 36.3 Å². The van der Waals surface area contributed by atoms with Gasteiger partial charge >= 0.3 is 0 Å². The molecule has 1 rings (SSSR count). The van der Waals surface area contributed by atoms with Crippen molar-refractivity contribution in [1.82, 2.24) is 4.90 Å². The van der Waals surface area contributed by atoms with Crippen molar-refractivity contribution in [1.29, 1.82) is 0 Å². The molecule has 0 aromatic heterocycles. The highest BCUT2D eigenvalue weighted by atomic mass is 16.5. The number of hydrogen-bond donors (Lipinski definition) is 0. The molecular formula is C17H25NO. The van der Waals surface area contributed by atoms with Crippen molar-refractivity contribution in [2.75, 3.05) is 20.2 Å². The van der Waals surface area contributed by atoms with Gasteiger partial charge in [0.15, 0.2) is 0 Å². The second kappa shape index (κ2) is 7.99. The maximum absolute atomic E-state index is 5.65. The van der Waals surface area contributed by atoms with Crippen LogP contribution in [0.5, 0.6) is 0 Å². The molecule has 2 heteroatoms. The molecule has 0 aliphatic carbocycles. The van der Waals surface area contributed by atoms with Crippen LogP contribution in [-0.4, -0.2) is 30.6 Å². The van der Waals surface area contributed by atoms with Gasteiger partial charge < -0.3 is 4.74 Å². The third-order valence-corrected chi connectivity index (χ3v) is 3.45. The van der Waals surface area contributed by atoms with E-state index in [-0.39, 0.29) is 5.54 Å². The fraction of sp³-hybridized carbons (Fsp3) is 0.529. The van der Waals surface area contributed by atoms with E-state index in [2.05, 4.69) is 43.8 Å². The first-order valence-electron chi connectivity index (χ1n) is 6.87. The predicted octanol–water partition coefficient (Wildman–Crippen LogP) is 3.33. The van der Waals surface area contributed by atoms with Crippen LogP contribution in [0.2, 0.25) is 0 Å². The summed E-state index contributed by atoms with van der Waals surface area (Å²) in [5.41, 5.74) is 1.07. The van der Waals surface area contributed by atoms with Crippen molar-refractivity contribution in [3.05, 3.63) is 35.9 Å². The Hall–Kier alpha value is -1.30. The second-order valence-electron chi connectivity index (χ2n) is 5.37. The zero-order chi connectivity index (χ0) is 14.1.